The lowest BCUT2D eigenvalue weighted by Gasteiger charge is -2.32. The van der Waals surface area contributed by atoms with Crippen LogP contribution in [0.5, 0.6) is 11.5 Å². The number of nitrogens with one attached hydrogen (secondary N) is 1. The maximum absolute atomic E-state index is 6.02. The average molecular weight is 404 g/mol. The highest BCUT2D eigenvalue weighted by Gasteiger charge is 2.14. The van der Waals surface area contributed by atoms with Gasteiger partial charge in [-0.15, -0.1) is 0 Å². The van der Waals surface area contributed by atoms with Crippen molar-refractivity contribution in [3.63, 3.8) is 0 Å². The van der Waals surface area contributed by atoms with Crippen molar-refractivity contribution in [1.82, 2.24) is 19.8 Å². The van der Waals surface area contributed by atoms with Gasteiger partial charge in [-0.2, -0.15) is 0 Å². The van der Waals surface area contributed by atoms with Crippen LogP contribution < -0.4 is 10.1 Å². The molecular weight excluding hydrogens is 374 g/mol. The molecule has 1 fully saturated rings. The molecule has 0 bridgehead atoms. The molecular formula is C24H29N5O. The molecule has 6 heteroatoms. The Morgan fingerprint density at radius 3 is 2.63 bits per heavy atom. The molecule has 1 aliphatic heterocycles. The summed E-state index contributed by atoms with van der Waals surface area (Å²) in [7, 11) is 2.18. The second kappa shape index (κ2) is 9.24. The molecule has 1 aliphatic rings. The third kappa shape index (κ3) is 5.34. The topological polar surface area (TPSA) is 53.5 Å². The number of anilines is 2. The van der Waals surface area contributed by atoms with Crippen molar-refractivity contribution in [2.75, 3.05) is 38.5 Å². The first-order valence-corrected chi connectivity index (χ1v) is 10.4. The van der Waals surface area contributed by atoms with Crippen LogP contribution in [0.15, 0.2) is 54.7 Å². The van der Waals surface area contributed by atoms with Crippen molar-refractivity contribution in [3.8, 4) is 11.5 Å². The second-order valence-corrected chi connectivity index (χ2v) is 7.92. The van der Waals surface area contributed by atoms with Gasteiger partial charge in [0.05, 0.1) is 5.69 Å². The molecule has 6 nitrogen and oxygen atoms in total. The lowest BCUT2D eigenvalue weighted by molar-refractivity contribution is 0.148. The zero-order valence-electron chi connectivity index (χ0n) is 17.9. The molecule has 1 aromatic carbocycles. The molecule has 0 atom stereocenters. The third-order valence-corrected chi connectivity index (χ3v) is 5.34. The number of hydrogen-bond donors (Lipinski definition) is 1. The molecule has 3 aromatic rings. The van der Waals surface area contributed by atoms with Gasteiger partial charge in [0.25, 0.3) is 0 Å². The van der Waals surface area contributed by atoms with Crippen molar-refractivity contribution in [1.29, 1.82) is 0 Å². The molecule has 0 radical (unpaired) electrons. The van der Waals surface area contributed by atoms with E-state index in [1.165, 1.54) is 5.56 Å². The number of nitrogens with zero attached hydrogens (tertiary/aromatic N) is 4. The molecule has 0 aliphatic carbocycles. The number of aromatic nitrogens is 2. The van der Waals surface area contributed by atoms with E-state index in [1.54, 1.807) is 6.20 Å². The van der Waals surface area contributed by atoms with Crippen LogP contribution in [0, 0.1) is 13.8 Å². The highest BCUT2D eigenvalue weighted by molar-refractivity contribution is 5.58. The van der Waals surface area contributed by atoms with E-state index >= 15 is 0 Å². The molecule has 4 rings (SSSR count). The molecule has 30 heavy (non-hydrogen) atoms. The lowest BCUT2D eigenvalue weighted by Crippen LogP contribution is -2.43. The fourth-order valence-corrected chi connectivity index (χ4v) is 3.61. The maximum atomic E-state index is 6.02. The Morgan fingerprint density at radius 1 is 1.00 bits per heavy atom. The van der Waals surface area contributed by atoms with Crippen molar-refractivity contribution in [3.05, 3.63) is 71.7 Å². The molecule has 1 saturated heterocycles. The van der Waals surface area contributed by atoms with Crippen molar-refractivity contribution >= 4 is 11.5 Å². The minimum atomic E-state index is 0.731. The summed E-state index contributed by atoms with van der Waals surface area (Å²) in [4.78, 5) is 13.8. The Bertz CT molecular complexity index is 998. The van der Waals surface area contributed by atoms with Crippen LogP contribution in [-0.4, -0.2) is 53.0 Å². The average Bonchev–Trinajstić information content (AvgIpc) is 2.72. The van der Waals surface area contributed by atoms with Crippen LogP contribution >= 0.6 is 0 Å². The summed E-state index contributed by atoms with van der Waals surface area (Å²) in [6.07, 6.45) is 1.75. The van der Waals surface area contributed by atoms with Gasteiger partial charge >= 0.3 is 0 Å². The zero-order valence-corrected chi connectivity index (χ0v) is 17.9. The first kappa shape index (κ1) is 20.3. The standard InChI is InChI=1S/C24H29N5O/c1-18-7-8-23(19(2)26-18)30-22-9-10-25-24(16-22)27-21-6-4-5-20(15-21)17-29-13-11-28(3)12-14-29/h4-10,15-16H,11-14,17H2,1-3H3,(H,25,27). The fourth-order valence-electron chi connectivity index (χ4n) is 3.61. The van der Waals surface area contributed by atoms with Crippen LogP contribution in [0.3, 0.4) is 0 Å². The van der Waals surface area contributed by atoms with E-state index < -0.39 is 0 Å². The highest BCUT2D eigenvalue weighted by Crippen LogP contribution is 2.26. The van der Waals surface area contributed by atoms with E-state index in [4.69, 9.17) is 4.74 Å². The van der Waals surface area contributed by atoms with Crippen molar-refractivity contribution < 1.29 is 4.74 Å². The summed E-state index contributed by atoms with van der Waals surface area (Å²) in [5.41, 5.74) is 4.18. The number of benzene rings is 1. The summed E-state index contributed by atoms with van der Waals surface area (Å²) >= 11 is 0. The normalized spacial score (nSPS) is 15.2. The second-order valence-electron chi connectivity index (χ2n) is 7.92. The van der Waals surface area contributed by atoms with Crippen molar-refractivity contribution in [2.24, 2.45) is 0 Å². The van der Waals surface area contributed by atoms with Gasteiger partial charge in [-0.05, 0) is 56.8 Å². The van der Waals surface area contributed by atoms with E-state index in [1.807, 2.05) is 38.1 Å². The Morgan fingerprint density at radius 2 is 1.83 bits per heavy atom. The molecule has 1 N–H and O–H groups in total. The van der Waals surface area contributed by atoms with Crippen LogP contribution in [0.2, 0.25) is 0 Å². The lowest BCUT2D eigenvalue weighted by atomic mass is 10.1. The quantitative estimate of drug-likeness (QED) is 0.659. The first-order chi connectivity index (χ1) is 14.5. The Balaban J connectivity index is 1.42. The van der Waals surface area contributed by atoms with E-state index in [2.05, 4.69) is 56.4 Å². The van der Waals surface area contributed by atoms with Gasteiger partial charge in [0, 0.05) is 56.4 Å². The molecule has 3 heterocycles. The van der Waals surface area contributed by atoms with Crippen LogP contribution in [-0.2, 0) is 6.54 Å². The maximum Gasteiger partial charge on any atom is 0.148 e. The van der Waals surface area contributed by atoms with E-state index in [0.717, 1.165) is 67.1 Å². The van der Waals surface area contributed by atoms with Gasteiger partial charge in [0.15, 0.2) is 0 Å². The number of likely N-dealkylation sites (N-methyl/N-ethyl adjacent to an activating group) is 1. The zero-order chi connectivity index (χ0) is 20.9. The molecule has 0 saturated carbocycles. The summed E-state index contributed by atoms with van der Waals surface area (Å²) in [5.74, 6) is 2.24. The van der Waals surface area contributed by atoms with E-state index in [-0.39, 0.29) is 0 Å². The number of pyridine rings is 2. The van der Waals surface area contributed by atoms with E-state index in [0.29, 0.717) is 0 Å². The predicted octanol–water partition coefficient (Wildman–Crippen LogP) is 4.38. The summed E-state index contributed by atoms with van der Waals surface area (Å²) in [5, 5.41) is 3.41. The summed E-state index contributed by atoms with van der Waals surface area (Å²) in [6, 6.07) is 16.2. The molecule has 0 amide bonds. The number of ether oxygens (including phenoxy) is 1. The number of hydrogen-bond acceptors (Lipinski definition) is 6. The monoisotopic (exact) mass is 403 g/mol. The van der Waals surface area contributed by atoms with Crippen LogP contribution in [0.1, 0.15) is 17.0 Å². The smallest absolute Gasteiger partial charge is 0.148 e. The fraction of sp³-hybridized carbons (Fsp3) is 0.333. The summed E-state index contributed by atoms with van der Waals surface area (Å²) < 4.78 is 6.02. The Kier molecular flexibility index (Phi) is 6.26. The molecule has 156 valence electrons. The number of rotatable bonds is 6. The SMILES string of the molecule is Cc1ccc(Oc2ccnc(Nc3cccc(CN4CCN(C)CC4)c3)c2)c(C)n1. The van der Waals surface area contributed by atoms with Crippen LogP contribution in [0.25, 0.3) is 0 Å². The third-order valence-electron chi connectivity index (χ3n) is 5.34. The minimum absolute atomic E-state index is 0.731. The number of aryl methyl sites for hydroxylation is 2. The first-order valence-electron chi connectivity index (χ1n) is 10.4. The minimum Gasteiger partial charge on any atom is -0.455 e. The van der Waals surface area contributed by atoms with Gasteiger partial charge in [-0.1, -0.05) is 12.1 Å². The number of piperazine rings is 1. The predicted molar refractivity (Wildman–Crippen MR) is 121 cm³/mol. The van der Waals surface area contributed by atoms with Gasteiger partial charge in [0.1, 0.15) is 17.3 Å². The molecule has 2 aromatic heterocycles. The Hall–Kier alpha value is -2.96. The largest absolute Gasteiger partial charge is 0.455 e. The summed E-state index contributed by atoms with van der Waals surface area (Å²) in [6.45, 7) is 9.39. The highest BCUT2D eigenvalue weighted by atomic mass is 16.5. The van der Waals surface area contributed by atoms with Gasteiger partial charge in [0.2, 0.25) is 0 Å². The van der Waals surface area contributed by atoms with Gasteiger partial charge < -0.3 is 15.0 Å². The van der Waals surface area contributed by atoms with Gasteiger partial charge in [-0.3, -0.25) is 9.88 Å². The van der Waals surface area contributed by atoms with E-state index in [9.17, 15) is 0 Å². The molecule has 0 unspecified atom stereocenters. The van der Waals surface area contributed by atoms with Crippen molar-refractivity contribution in [2.45, 2.75) is 20.4 Å². The van der Waals surface area contributed by atoms with Gasteiger partial charge in [-0.25, -0.2) is 4.98 Å². The van der Waals surface area contributed by atoms with Crippen LogP contribution in [0.4, 0.5) is 11.5 Å². The Labute approximate surface area is 178 Å². The molecule has 0 spiro atoms.